The molecule has 1 unspecified atom stereocenters. The molecule has 5 heteroatoms. The molecule has 0 aliphatic heterocycles. The lowest BCUT2D eigenvalue weighted by atomic mass is 10.1. The molecule has 1 aromatic carbocycles. The second-order valence-corrected chi connectivity index (χ2v) is 5.15. The maximum absolute atomic E-state index is 13.1. The summed E-state index contributed by atoms with van der Waals surface area (Å²) in [7, 11) is 0. The summed E-state index contributed by atoms with van der Waals surface area (Å²) >= 11 is 3.20. The monoisotopic (exact) mass is 311 g/mol. The lowest BCUT2D eigenvalue weighted by molar-refractivity contribution is 0.569. The van der Waals surface area contributed by atoms with E-state index in [0.717, 1.165) is 23.4 Å². The third-order valence-corrected chi connectivity index (χ3v) is 3.58. The van der Waals surface area contributed by atoms with E-state index in [4.69, 9.17) is 0 Å². The summed E-state index contributed by atoms with van der Waals surface area (Å²) in [6.07, 6.45) is 1.82. The van der Waals surface area contributed by atoms with E-state index in [9.17, 15) is 4.39 Å². The first kappa shape index (κ1) is 13.2. The highest BCUT2D eigenvalue weighted by Crippen LogP contribution is 2.21. The van der Waals surface area contributed by atoms with Gasteiger partial charge in [0.05, 0.1) is 10.7 Å². The largest absolute Gasteiger partial charge is 0.306 e. The molecule has 0 aliphatic carbocycles. The maximum Gasteiger partial charge on any atom is 0.137 e. The lowest BCUT2D eigenvalue weighted by Crippen LogP contribution is -2.18. The second kappa shape index (κ2) is 5.63. The molecule has 3 nitrogen and oxygen atoms in total. The van der Waals surface area contributed by atoms with Crippen LogP contribution >= 0.6 is 15.9 Å². The van der Waals surface area contributed by atoms with E-state index in [2.05, 4.69) is 38.4 Å². The number of H-pyrrole nitrogens is 1. The Bertz CT molecular complexity index is 539. The fourth-order valence-electron chi connectivity index (χ4n) is 1.72. The Balaban J connectivity index is 2.01. The van der Waals surface area contributed by atoms with Crippen LogP contribution in [0.2, 0.25) is 0 Å². The molecule has 0 saturated heterocycles. The highest BCUT2D eigenvalue weighted by Gasteiger charge is 2.08. The minimum atomic E-state index is -0.239. The van der Waals surface area contributed by atoms with Crippen molar-refractivity contribution >= 4 is 15.9 Å². The number of nitrogens with one attached hydrogen (secondary N) is 2. The molecule has 1 aromatic heterocycles. The Kier molecular flexibility index (Phi) is 4.14. The first-order valence-corrected chi connectivity index (χ1v) is 6.54. The van der Waals surface area contributed by atoms with Gasteiger partial charge in [0, 0.05) is 23.8 Å². The third kappa shape index (κ3) is 2.97. The number of hydrogen-bond acceptors (Lipinski definition) is 2. The minimum absolute atomic E-state index is 0.149. The lowest BCUT2D eigenvalue weighted by Gasteiger charge is -2.14. The predicted octanol–water partition coefficient (Wildman–Crippen LogP) is 3.47. The second-order valence-electron chi connectivity index (χ2n) is 4.30. The molecule has 0 radical (unpaired) electrons. The number of rotatable bonds is 4. The van der Waals surface area contributed by atoms with Crippen LogP contribution in [-0.4, -0.2) is 10.2 Å². The highest BCUT2D eigenvalue weighted by atomic mass is 79.9. The van der Waals surface area contributed by atoms with Crippen molar-refractivity contribution in [2.24, 2.45) is 0 Å². The van der Waals surface area contributed by atoms with Gasteiger partial charge in [-0.2, -0.15) is 5.10 Å². The van der Waals surface area contributed by atoms with E-state index >= 15 is 0 Å². The van der Waals surface area contributed by atoms with E-state index < -0.39 is 0 Å². The molecule has 0 aliphatic rings. The van der Waals surface area contributed by atoms with Crippen molar-refractivity contribution < 1.29 is 4.39 Å². The summed E-state index contributed by atoms with van der Waals surface area (Å²) < 4.78 is 13.6. The van der Waals surface area contributed by atoms with Gasteiger partial charge in [-0.05, 0) is 47.5 Å². The standard InChI is InChI=1S/C13H15BrFN3/c1-8(10-3-4-13(15)12(14)5-10)16-6-11-7-17-18-9(11)2/h3-5,7-8,16H,6H2,1-2H3,(H,17,18). The zero-order valence-electron chi connectivity index (χ0n) is 10.3. The number of nitrogens with zero attached hydrogens (tertiary/aromatic N) is 1. The van der Waals surface area contributed by atoms with Gasteiger partial charge in [-0.1, -0.05) is 6.07 Å². The van der Waals surface area contributed by atoms with E-state index in [1.54, 1.807) is 12.1 Å². The summed E-state index contributed by atoms with van der Waals surface area (Å²) in [4.78, 5) is 0. The van der Waals surface area contributed by atoms with Crippen molar-refractivity contribution in [3.05, 3.63) is 51.5 Å². The van der Waals surface area contributed by atoms with Crippen molar-refractivity contribution in [2.75, 3.05) is 0 Å². The zero-order valence-corrected chi connectivity index (χ0v) is 11.9. The molecule has 2 N–H and O–H groups in total. The van der Waals surface area contributed by atoms with Crippen molar-refractivity contribution in [3.63, 3.8) is 0 Å². The summed E-state index contributed by atoms with van der Waals surface area (Å²) in [5.74, 6) is -0.239. The molecular weight excluding hydrogens is 297 g/mol. The van der Waals surface area contributed by atoms with Gasteiger partial charge in [-0.25, -0.2) is 4.39 Å². The third-order valence-electron chi connectivity index (χ3n) is 2.98. The molecule has 0 saturated carbocycles. The van der Waals surface area contributed by atoms with Gasteiger partial charge in [0.25, 0.3) is 0 Å². The van der Waals surface area contributed by atoms with Crippen LogP contribution < -0.4 is 5.32 Å². The molecule has 0 amide bonds. The van der Waals surface area contributed by atoms with E-state index in [-0.39, 0.29) is 11.9 Å². The summed E-state index contributed by atoms with van der Waals surface area (Å²) in [5, 5.41) is 10.3. The molecule has 1 atom stereocenters. The van der Waals surface area contributed by atoms with Crippen molar-refractivity contribution in [1.29, 1.82) is 0 Å². The van der Waals surface area contributed by atoms with Crippen LogP contribution in [0.4, 0.5) is 4.39 Å². The van der Waals surface area contributed by atoms with Gasteiger partial charge in [0.1, 0.15) is 5.82 Å². The predicted molar refractivity (Wildman–Crippen MR) is 72.7 cm³/mol. The number of hydrogen-bond donors (Lipinski definition) is 2. The number of aromatic nitrogens is 2. The summed E-state index contributed by atoms with van der Waals surface area (Å²) in [5.41, 5.74) is 3.25. The first-order valence-electron chi connectivity index (χ1n) is 5.75. The normalized spacial score (nSPS) is 12.7. The maximum atomic E-state index is 13.1. The average molecular weight is 312 g/mol. The topological polar surface area (TPSA) is 40.7 Å². The van der Waals surface area contributed by atoms with Crippen molar-refractivity contribution in [2.45, 2.75) is 26.4 Å². The quantitative estimate of drug-likeness (QED) is 0.907. The van der Waals surface area contributed by atoms with Crippen LogP contribution in [0.25, 0.3) is 0 Å². The Morgan fingerprint density at radius 1 is 1.50 bits per heavy atom. The van der Waals surface area contributed by atoms with Gasteiger partial charge >= 0.3 is 0 Å². The molecule has 0 fully saturated rings. The van der Waals surface area contributed by atoms with Crippen molar-refractivity contribution in [1.82, 2.24) is 15.5 Å². The van der Waals surface area contributed by atoms with Crippen LogP contribution in [0.1, 0.15) is 29.8 Å². The van der Waals surface area contributed by atoms with Gasteiger partial charge in [0.15, 0.2) is 0 Å². The van der Waals surface area contributed by atoms with Gasteiger partial charge in [-0.15, -0.1) is 0 Å². The molecule has 2 aromatic rings. The average Bonchev–Trinajstić information content (AvgIpc) is 2.75. The van der Waals surface area contributed by atoms with E-state index in [0.29, 0.717) is 4.47 Å². The Labute approximate surface area is 114 Å². The molecular formula is C13H15BrFN3. The Morgan fingerprint density at radius 2 is 2.28 bits per heavy atom. The van der Waals surface area contributed by atoms with Crippen LogP contribution in [0, 0.1) is 12.7 Å². The molecule has 2 rings (SSSR count). The van der Waals surface area contributed by atoms with Crippen LogP contribution in [0.15, 0.2) is 28.9 Å². The van der Waals surface area contributed by atoms with Gasteiger partial charge < -0.3 is 5.32 Å². The Morgan fingerprint density at radius 3 is 2.89 bits per heavy atom. The zero-order chi connectivity index (χ0) is 13.1. The number of halogens is 2. The minimum Gasteiger partial charge on any atom is -0.306 e. The van der Waals surface area contributed by atoms with Crippen LogP contribution in [0.3, 0.4) is 0 Å². The van der Waals surface area contributed by atoms with Crippen LogP contribution in [0.5, 0.6) is 0 Å². The number of benzene rings is 1. The fourth-order valence-corrected chi connectivity index (χ4v) is 2.11. The van der Waals surface area contributed by atoms with Crippen molar-refractivity contribution in [3.8, 4) is 0 Å². The Hall–Kier alpha value is -1.20. The molecule has 0 bridgehead atoms. The number of aryl methyl sites for hydroxylation is 1. The SMILES string of the molecule is Cc1[nH]ncc1CNC(C)c1ccc(F)c(Br)c1. The summed E-state index contributed by atoms with van der Waals surface area (Å²) in [6, 6.07) is 5.21. The molecule has 0 spiro atoms. The molecule has 18 heavy (non-hydrogen) atoms. The number of aromatic amines is 1. The highest BCUT2D eigenvalue weighted by molar-refractivity contribution is 9.10. The van der Waals surface area contributed by atoms with Gasteiger partial charge in [-0.3, -0.25) is 5.10 Å². The van der Waals surface area contributed by atoms with E-state index in [1.165, 1.54) is 6.07 Å². The molecule has 96 valence electrons. The van der Waals surface area contributed by atoms with Gasteiger partial charge in [0.2, 0.25) is 0 Å². The van der Waals surface area contributed by atoms with E-state index in [1.807, 2.05) is 13.1 Å². The molecule has 1 heterocycles. The smallest absolute Gasteiger partial charge is 0.137 e. The first-order chi connectivity index (χ1) is 8.58. The van der Waals surface area contributed by atoms with Crippen LogP contribution in [-0.2, 0) is 6.54 Å². The fraction of sp³-hybridized carbons (Fsp3) is 0.308. The summed E-state index contributed by atoms with van der Waals surface area (Å²) in [6.45, 7) is 4.77.